The molecule has 7 nitrogen and oxygen atoms in total. The van der Waals surface area contributed by atoms with Gasteiger partial charge >= 0.3 is 5.97 Å². The quantitative estimate of drug-likeness (QED) is 0.553. The molecule has 9 heteroatoms. The number of thiazole rings is 2. The molecule has 0 atom stereocenters. The van der Waals surface area contributed by atoms with E-state index in [0.29, 0.717) is 31.3 Å². The SMILES string of the molecule is CCOC(=O)c1sc(NC(=O)c2sc(COc3cccc(C)c3)nc2C)nc1C. The zero-order chi connectivity index (χ0) is 21.0. The van der Waals surface area contributed by atoms with Gasteiger partial charge in [0.05, 0.1) is 18.0 Å². The number of nitrogens with one attached hydrogen (secondary N) is 1. The highest BCUT2D eigenvalue weighted by Crippen LogP contribution is 2.26. The highest BCUT2D eigenvalue weighted by atomic mass is 32.1. The van der Waals surface area contributed by atoms with E-state index in [1.54, 1.807) is 20.8 Å². The van der Waals surface area contributed by atoms with Crippen LogP contribution in [0.15, 0.2) is 24.3 Å². The zero-order valence-electron chi connectivity index (χ0n) is 16.6. The molecule has 0 fully saturated rings. The van der Waals surface area contributed by atoms with Gasteiger partial charge in [-0.25, -0.2) is 14.8 Å². The summed E-state index contributed by atoms with van der Waals surface area (Å²) in [6.07, 6.45) is 0. The summed E-state index contributed by atoms with van der Waals surface area (Å²) in [6, 6.07) is 7.75. The summed E-state index contributed by atoms with van der Waals surface area (Å²) in [7, 11) is 0. The number of hydrogen-bond acceptors (Lipinski definition) is 8. The summed E-state index contributed by atoms with van der Waals surface area (Å²) in [5.41, 5.74) is 2.25. The maximum absolute atomic E-state index is 12.7. The second kappa shape index (κ2) is 9.15. The van der Waals surface area contributed by atoms with Crippen molar-refractivity contribution in [3.8, 4) is 5.75 Å². The number of hydrogen-bond donors (Lipinski definition) is 1. The van der Waals surface area contributed by atoms with E-state index in [0.717, 1.165) is 22.6 Å². The maximum Gasteiger partial charge on any atom is 0.350 e. The molecule has 0 aliphatic heterocycles. The lowest BCUT2D eigenvalue weighted by atomic mass is 10.2. The Bertz CT molecular complexity index is 1040. The Morgan fingerprint density at radius 1 is 1.07 bits per heavy atom. The number of rotatable bonds is 7. The number of nitrogens with zero attached hydrogens (tertiary/aromatic N) is 2. The normalized spacial score (nSPS) is 10.6. The third-order valence-corrected chi connectivity index (χ3v) is 6.06. The van der Waals surface area contributed by atoms with Gasteiger partial charge in [-0.15, -0.1) is 11.3 Å². The maximum atomic E-state index is 12.7. The molecule has 0 aliphatic carbocycles. The molecule has 3 rings (SSSR count). The third-order valence-electron chi connectivity index (χ3n) is 3.88. The van der Waals surface area contributed by atoms with E-state index in [-0.39, 0.29) is 19.1 Å². The lowest BCUT2D eigenvalue weighted by Crippen LogP contribution is -2.11. The predicted molar refractivity (Wildman–Crippen MR) is 113 cm³/mol. The van der Waals surface area contributed by atoms with Crippen LogP contribution in [0, 0.1) is 20.8 Å². The molecule has 1 N–H and O–H groups in total. The molecular weight excluding hydrogens is 410 g/mol. The first kappa shape index (κ1) is 20.9. The Hall–Kier alpha value is -2.78. The molecule has 0 saturated heterocycles. The van der Waals surface area contributed by atoms with E-state index in [9.17, 15) is 9.59 Å². The number of ether oxygens (including phenoxy) is 2. The fourth-order valence-corrected chi connectivity index (χ4v) is 4.29. The molecule has 0 unspecified atom stereocenters. The van der Waals surface area contributed by atoms with Crippen LogP contribution in [0.2, 0.25) is 0 Å². The second-order valence-electron chi connectivity index (χ2n) is 6.24. The van der Waals surface area contributed by atoms with E-state index in [1.807, 2.05) is 31.2 Å². The first-order valence-electron chi connectivity index (χ1n) is 8.99. The molecule has 2 aromatic heterocycles. The van der Waals surface area contributed by atoms with Gasteiger partial charge in [0.1, 0.15) is 27.1 Å². The number of benzene rings is 1. The minimum atomic E-state index is -0.437. The minimum Gasteiger partial charge on any atom is -0.486 e. The van der Waals surface area contributed by atoms with Crippen LogP contribution in [-0.2, 0) is 11.3 Å². The predicted octanol–water partition coefficient (Wildman–Crippen LogP) is 4.53. The van der Waals surface area contributed by atoms with Gasteiger partial charge in [0.15, 0.2) is 5.13 Å². The fraction of sp³-hybridized carbons (Fsp3) is 0.300. The Morgan fingerprint density at radius 2 is 1.83 bits per heavy atom. The summed E-state index contributed by atoms with van der Waals surface area (Å²) in [5.74, 6) is 0.00660. The Morgan fingerprint density at radius 3 is 2.55 bits per heavy atom. The first-order valence-corrected chi connectivity index (χ1v) is 10.6. The van der Waals surface area contributed by atoms with Gasteiger partial charge in [0.25, 0.3) is 5.91 Å². The van der Waals surface area contributed by atoms with Crippen LogP contribution < -0.4 is 10.1 Å². The Balaban J connectivity index is 1.67. The second-order valence-corrected chi connectivity index (χ2v) is 8.32. The zero-order valence-corrected chi connectivity index (χ0v) is 18.2. The molecule has 3 aromatic rings. The average Bonchev–Trinajstić information content (AvgIpc) is 3.22. The summed E-state index contributed by atoms with van der Waals surface area (Å²) in [6.45, 7) is 7.78. The lowest BCUT2D eigenvalue weighted by Gasteiger charge is -2.04. The van der Waals surface area contributed by atoms with Gasteiger partial charge in [-0.3, -0.25) is 10.1 Å². The van der Waals surface area contributed by atoms with Crippen LogP contribution in [0.1, 0.15) is 48.2 Å². The van der Waals surface area contributed by atoms with Crippen molar-refractivity contribution in [1.82, 2.24) is 9.97 Å². The Kier molecular flexibility index (Phi) is 6.60. The number of aryl methyl sites for hydroxylation is 3. The van der Waals surface area contributed by atoms with Gasteiger partial charge in [-0.05, 0) is 45.4 Å². The fourth-order valence-electron chi connectivity index (χ4n) is 2.56. The standard InChI is InChI=1S/C20H21N3O4S2/c1-5-26-19(25)17-13(4)22-20(29-17)23-18(24)16-12(3)21-15(28-16)10-27-14-8-6-7-11(2)9-14/h6-9H,5,10H2,1-4H3,(H,22,23,24). The van der Waals surface area contributed by atoms with Gasteiger partial charge in [0.2, 0.25) is 0 Å². The highest BCUT2D eigenvalue weighted by Gasteiger charge is 2.20. The molecule has 29 heavy (non-hydrogen) atoms. The summed E-state index contributed by atoms with van der Waals surface area (Å²) in [5, 5.41) is 3.80. The van der Waals surface area contributed by atoms with Crippen molar-refractivity contribution in [3.05, 3.63) is 56.0 Å². The van der Waals surface area contributed by atoms with Crippen molar-refractivity contribution >= 4 is 39.7 Å². The van der Waals surface area contributed by atoms with Crippen LogP contribution in [0.25, 0.3) is 0 Å². The molecule has 1 amide bonds. The van der Waals surface area contributed by atoms with Crippen LogP contribution in [0.3, 0.4) is 0 Å². The number of carbonyl (C=O) groups is 2. The number of anilines is 1. The summed E-state index contributed by atoms with van der Waals surface area (Å²) in [4.78, 5) is 34.1. The Labute approximate surface area is 176 Å². The smallest absolute Gasteiger partial charge is 0.350 e. The summed E-state index contributed by atoms with van der Waals surface area (Å²) < 4.78 is 10.8. The number of amides is 1. The molecular formula is C20H21N3O4S2. The third kappa shape index (κ3) is 5.18. The van der Waals surface area contributed by atoms with Crippen LogP contribution >= 0.6 is 22.7 Å². The van der Waals surface area contributed by atoms with Crippen molar-refractivity contribution in [1.29, 1.82) is 0 Å². The number of esters is 1. The monoisotopic (exact) mass is 431 g/mol. The molecule has 0 radical (unpaired) electrons. The molecule has 152 valence electrons. The molecule has 2 heterocycles. The van der Waals surface area contributed by atoms with Crippen LogP contribution in [0.4, 0.5) is 5.13 Å². The van der Waals surface area contributed by atoms with Crippen molar-refractivity contribution in [2.45, 2.75) is 34.3 Å². The van der Waals surface area contributed by atoms with E-state index in [4.69, 9.17) is 9.47 Å². The number of carbonyl (C=O) groups excluding carboxylic acids is 2. The number of aromatic nitrogens is 2. The van der Waals surface area contributed by atoms with E-state index in [2.05, 4.69) is 15.3 Å². The first-order chi connectivity index (χ1) is 13.9. The van der Waals surface area contributed by atoms with Crippen LogP contribution in [-0.4, -0.2) is 28.5 Å². The van der Waals surface area contributed by atoms with Gasteiger partial charge in [-0.2, -0.15) is 0 Å². The molecule has 0 aliphatic rings. The molecule has 0 bridgehead atoms. The molecule has 1 aromatic carbocycles. The average molecular weight is 432 g/mol. The van der Waals surface area contributed by atoms with Crippen molar-refractivity contribution in [2.24, 2.45) is 0 Å². The van der Waals surface area contributed by atoms with Crippen molar-refractivity contribution in [3.63, 3.8) is 0 Å². The lowest BCUT2D eigenvalue weighted by molar-refractivity contribution is 0.0531. The highest BCUT2D eigenvalue weighted by molar-refractivity contribution is 7.18. The molecule has 0 saturated carbocycles. The molecule has 0 spiro atoms. The van der Waals surface area contributed by atoms with E-state index < -0.39 is 5.97 Å². The van der Waals surface area contributed by atoms with E-state index >= 15 is 0 Å². The van der Waals surface area contributed by atoms with Gasteiger partial charge < -0.3 is 9.47 Å². The minimum absolute atomic E-state index is 0.283. The van der Waals surface area contributed by atoms with Crippen molar-refractivity contribution < 1.29 is 19.1 Å². The van der Waals surface area contributed by atoms with Gasteiger partial charge in [0, 0.05) is 0 Å². The topological polar surface area (TPSA) is 90.4 Å². The van der Waals surface area contributed by atoms with Crippen LogP contribution in [0.5, 0.6) is 5.75 Å². The summed E-state index contributed by atoms with van der Waals surface area (Å²) >= 11 is 2.37. The van der Waals surface area contributed by atoms with Gasteiger partial charge in [-0.1, -0.05) is 23.5 Å². The van der Waals surface area contributed by atoms with Crippen molar-refractivity contribution in [2.75, 3.05) is 11.9 Å². The largest absolute Gasteiger partial charge is 0.486 e. The van der Waals surface area contributed by atoms with E-state index in [1.165, 1.54) is 11.3 Å².